The number of carbonyl (C=O) groups excluding carboxylic acids is 1. The van der Waals surface area contributed by atoms with Gasteiger partial charge in [-0.25, -0.2) is 0 Å². The van der Waals surface area contributed by atoms with Crippen LogP contribution in [0, 0.1) is 6.92 Å². The number of hydrogen-bond donors (Lipinski definition) is 3. The number of anilines is 1. The summed E-state index contributed by atoms with van der Waals surface area (Å²) in [7, 11) is 0. The van der Waals surface area contributed by atoms with Crippen LogP contribution < -0.4 is 10.9 Å². The Balaban J connectivity index is 1.95. The highest BCUT2D eigenvalue weighted by Crippen LogP contribution is 2.28. The van der Waals surface area contributed by atoms with Gasteiger partial charge < -0.3 is 15.4 Å². The number of amides is 1. The lowest BCUT2D eigenvalue weighted by Gasteiger charge is -2.18. The molecule has 0 atom stereocenters. The first-order valence-corrected chi connectivity index (χ1v) is 7.41. The highest BCUT2D eigenvalue weighted by Gasteiger charge is 2.23. The molecule has 1 aromatic carbocycles. The molecule has 0 fully saturated rings. The molecular weight excluding hydrogens is 280 g/mol. The van der Waals surface area contributed by atoms with Crippen molar-refractivity contribution in [2.24, 2.45) is 0 Å². The van der Waals surface area contributed by atoms with Gasteiger partial charge in [0.2, 0.25) is 0 Å². The van der Waals surface area contributed by atoms with Crippen LogP contribution in [0.5, 0.6) is 5.75 Å². The summed E-state index contributed by atoms with van der Waals surface area (Å²) < 4.78 is 0. The van der Waals surface area contributed by atoms with Crippen LogP contribution in [0.3, 0.4) is 0 Å². The van der Waals surface area contributed by atoms with Gasteiger partial charge in [0.1, 0.15) is 11.3 Å². The Kier molecular flexibility index (Phi) is 3.71. The number of benzene rings is 1. The van der Waals surface area contributed by atoms with E-state index in [9.17, 15) is 14.7 Å². The fourth-order valence-corrected chi connectivity index (χ4v) is 2.80. The maximum Gasteiger partial charge on any atom is 0.265 e. The fraction of sp³-hybridized carbons (Fsp3) is 0.294. The summed E-state index contributed by atoms with van der Waals surface area (Å²) in [6.45, 7) is 1.95. The van der Waals surface area contributed by atoms with Crippen molar-refractivity contribution >= 4 is 11.6 Å². The van der Waals surface area contributed by atoms with Gasteiger partial charge in [0.25, 0.3) is 11.5 Å². The molecule has 5 heteroatoms. The van der Waals surface area contributed by atoms with E-state index in [1.807, 2.05) is 19.1 Å². The van der Waals surface area contributed by atoms with Gasteiger partial charge in [-0.3, -0.25) is 9.59 Å². The Labute approximate surface area is 128 Å². The van der Waals surface area contributed by atoms with Crippen LogP contribution in [0.25, 0.3) is 0 Å². The maximum atomic E-state index is 12.3. The standard InChI is InChI=1S/C17H18N2O3/c1-10-6-8-11(9-7-10)18-16(21)14-15(20)12-4-2-3-5-13(12)19-17(14)22/h6-9H,2-5H2,1H3,(H,18,21)(H2,19,20,22). The Morgan fingerprint density at radius 2 is 1.86 bits per heavy atom. The summed E-state index contributed by atoms with van der Waals surface area (Å²) in [5.41, 5.74) is 2.36. The number of rotatable bonds is 2. The summed E-state index contributed by atoms with van der Waals surface area (Å²) in [6.07, 6.45) is 3.35. The Morgan fingerprint density at radius 1 is 1.18 bits per heavy atom. The van der Waals surface area contributed by atoms with Crippen LogP contribution in [0.1, 0.15) is 40.0 Å². The third kappa shape index (κ3) is 2.62. The number of nitrogens with one attached hydrogen (secondary N) is 2. The molecule has 2 aromatic rings. The molecule has 22 heavy (non-hydrogen) atoms. The average Bonchev–Trinajstić information content (AvgIpc) is 2.49. The molecule has 0 saturated carbocycles. The Morgan fingerprint density at radius 3 is 2.59 bits per heavy atom. The minimum Gasteiger partial charge on any atom is -0.507 e. The van der Waals surface area contributed by atoms with Crippen LogP contribution in [-0.4, -0.2) is 16.0 Å². The predicted octanol–water partition coefficient (Wildman–Crippen LogP) is 2.52. The zero-order chi connectivity index (χ0) is 15.7. The summed E-state index contributed by atoms with van der Waals surface area (Å²) in [5.74, 6) is -0.765. The molecule has 0 radical (unpaired) electrons. The monoisotopic (exact) mass is 298 g/mol. The molecule has 3 rings (SSSR count). The maximum absolute atomic E-state index is 12.3. The van der Waals surface area contributed by atoms with E-state index in [-0.39, 0.29) is 11.3 Å². The van der Waals surface area contributed by atoms with Crippen LogP contribution in [-0.2, 0) is 12.8 Å². The first-order valence-electron chi connectivity index (χ1n) is 7.41. The largest absolute Gasteiger partial charge is 0.507 e. The van der Waals surface area contributed by atoms with Gasteiger partial charge in [0.05, 0.1) is 0 Å². The number of aromatic nitrogens is 1. The zero-order valence-corrected chi connectivity index (χ0v) is 12.4. The van der Waals surface area contributed by atoms with Gasteiger partial charge in [-0.2, -0.15) is 0 Å². The first-order chi connectivity index (χ1) is 10.6. The molecule has 1 heterocycles. The molecule has 1 aromatic heterocycles. The van der Waals surface area contributed by atoms with E-state index in [0.717, 1.165) is 30.5 Å². The molecule has 0 spiro atoms. The number of aryl methyl sites for hydroxylation is 2. The molecular formula is C17H18N2O3. The number of fused-ring (bicyclic) bond motifs is 1. The van der Waals surface area contributed by atoms with Crippen LogP contribution >= 0.6 is 0 Å². The molecule has 1 aliphatic carbocycles. The van der Waals surface area contributed by atoms with E-state index in [0.29, 0.717) is 17.7 Å². The molecule has 0 aliphatic heterocycles. The molecule has 114 valence electrons. The third-order valence-electron chi connectivity index (χ3n) is 4.02. The molecule has 1 amide bonds. The van der Waals surface area contributed by atoms with E-state index >= 15 is 0 Å². The van der Waals surface area contributed by atoms with Gasteiger partial charge in [-0.05, 0) is 44.7 Å². The lowest BCUT2D eigenvalue weighted by atomic mass is 9.93. The van der Waals surface area contributed by atoms with E-state index < -0.39 is 11.5 Å². The predicted molar refractivity (Wildman–Crippen MR) is 84.5 cm³/mol. The number of pyridine rings is 1. The van der Waals surface area contributed by atoms with E-state index in [1.165, 1.54) is 0 Å². The fourth-order valence-electron chi connectivity index (χ4n) is 2.80. The van der Waals surface area contributed by atoms with Gasteiger partial charge in [-0.1, -0.05) is 17.7 Å². The minimum atomic E-state index is -0.587. The van der Waals surface area contributed by atoms with Gasteiger partial charge >= 0.3 is 0 Å². The first kappa shape index (κ1) is 14.4. The van der Waals surface area contributed by atoms with Gasteiger partial charge in [0.15, 0.2) is 0 Å². The van der Waals surface area contributed by atoms with Crippen molar-refractivity contribution in [3.63, 3.8) is 0 Å². The van der Waals surface area contributed by atoms with E-state index in [4.69, 9.17) is 0 Å². The SMILES string of the molecule is Cc1ccc(NC(=O)c2c(O)c3c([nH]c2=O)CCCC3)cc1. The summed E-state index contributed by atoms with van der Waals surface area (Å²) in [4.78, 5) is 27.2. The number of carbonyl (C=O) groups is 1. The second kappa shape index (κ2) is 5.67. The normalized spacial score (nSPS) is 13.5. The van der Waals surface area contributed by atoms with E-state index in [1.54, 1.807) is 12.1 Å². The van der Waals surface area contributed by atoms with Crippen molar-refractivity contribution in [3.8, 4) is 5.75 Å². The third-order valence-corrected chi connectivity index (χ3v) is 4.02. The lowest BCUT2D eigenvalue weighted by Crippen LogP contribution is -2.26. The quantitative estimate of drug-likeness (QED) is 0.796. The lowest BCUT2D eigenvalue weighted by molar-refractivity contribution is 0.102. The van der Waals surface area contributed by atoms with Gasteiger partial charge in [0, 0.05) is 16.9 Å². The Bertz CT molecular complexity index is 776. The second-order valence-electron chi connectivity index (χ2n) is 5.66. The number of H-pyrrole nitrogens is 1. The molecule has 3 N–H and O–H groups in total. The van der Waals surface area contributed by atoms with Crippen LogP contribution in [0.2, 0.25) is 0 Å². The highest BCUT2D eigenvalue weighted by atomic mass is 16.3. The van der Waals surface area contributed by atoms with Crippen LogP contribution in [0.15, 0.2) is 29.1 Å². The molecule has 1 aliphatic rings. The summed E-state index contributed by atoms with van der Waals surface area (Å²) in [5, 5.41) is 13.0. The number of hydrogen-bond acceptors (Lipinski definition) is 3. The Hall–Kier alpha value is -2.56. The van der Waals surface area contributed by atoms with Crippen molar-refractivity contribution in [1.29, 1.82) is 0 Å². The zero-order valence-electron chi connectivity index (χ0n) is 12.4. The van der Waals surface area contributed by atoms with Gasteiger partial charge in [-0.15, -0.1) is 0 Å². The summed E-state index contributed by atoms with van der Waals surface area (Å²) in [6, 6.07) is 7.26. The van der Waals surface area contributed by atoms with Crippen molar-refractivity contribution < 1.29 is 9.90 Å². The van der Waals surface area contributed by atoms with Crippen molar-refractivity contribution in [3.05, 3.63) is 57.0 Å². The van der Waals surface area contributed by atoms with Crippen LogP contribution in [0.4, 0.5) is 5.69 Å². The average molecular weight is 298 g/mol. The number of aromatic amines is 1. The number of aromatic hydroxyl groups is 1. The second-order valence-corrected chi connectivity index (χ2v) is 5.66. The summed E-state index contributed by atoms with van der Waals surface area (Å²) >= 11 is 0. The molecule has 0 bridgehead atoms. The molecule has 0 unspecified atom stereocenters. The van der Waals surface area contributed by atoms with Crippen molar-refractivity contribution in [2.75, 3.05) is 5.32 Å². The minimum absolute atomic E-state index is 0.178. The highest BCUT2D eigenvalue weighted by molar-refractivity contribution is 6.06. The van der Waals surface area contributed by atoms with E-state index in [2.05, 4.69) is 10.3 Å². The molecule has 0 saturated heterocycles. The van der Waals surface area contributed by atoms with Crippen molar-refractivity contribution in [2.45, 2.75) is 32.6 Å². The smallest absolute Gasteiger partial charge is 0.265 e. The molecule has 5 nitrogen and oxygen atoms in total. The van der Waals surface area contributed by atoms with Crippen molar-refractivity contribution in [1.82, 2.24) is 4.98 Å². The topological polar surface area (TPSA) is 82.2 Å².